The molecule has 22 heavy (non-hydrogen) atoms. The molecule has 1 amide bonds. The van der Waals surface area contributed by atoms with E-state index in [1.165, 1.54) is 10.7 Å². The van der Waals surface area contributed by atoms with Gasteiger partial charge >= 0.3 is 0 Å². The summed E-state index contributed by atoms with van der Waals surface area (Å²) in [5.74, 6) is 1.07. The van der Waals surface area contributed by atoms with Crippen molar-refractivity contribution in [3.8, 4) is 5.69 Å². The maximum atomic E-state index is 14.1. The van der Waals surface area contributed by atoms with Crippen molar-refractivity contribution < 1.29 is 9.18 Å². The number of halogens is 1. The number of nitrogens with one attached hydrogen (secondary N) is 1. The number of rotatable bonds is 4. The Bertz CT molecular complexity index is 739. The van der Waals surface area contributed by atoms with Crippen LogP contribution in [0.1, 0.15) is 37.9 Å². The van der Waals surface area contributed by atoms with E-state index in [1.807, 2.05) is 6.92 Å². The Morgan fingerprint density at radius 3 is 2.86 bits per heavy atom. The summed E-state index contributed by atoms with van der Waals surface area (Å²) in [6, 6.07) is 4.48. The molecule has 0 radical (unpaired) electrons. The molecule has 2 fully saturated rings. The lowest BCUT2D eigenvalue weighted by Gasteiger charge is -2.09. The van der Waals surface area contributed by atoms with Crippen molar-refractivity contribution in [1.82, 2.24) is 20.2 Å². The van der Waals surface area contributed by atoms with Crippen LogP contribution in [-0.4, -0.2) is 26.1 Å². The molecule has 2 saturated carbocycles. The molecule has 0 saturated heterocycles. The van der Waals surface area contributed by atoms with Gasteiger partial charge in [-0.1, -0.05) is 6.92 Å². The first kappa shape index (κ1) is 13.4. The van der Waals surface area contributed by atoms with Gasteiger partial charge in [-0.2, -0.15) is 4.68 Å². The fraction of sp³-hybridized carbons (Fsp3) is 0.467. The maximum absolute atomic E-state index is 14.1. The number of hydrogen-bond donors (Lipinski definition) is 1. The highest BCUT2D eigenvalue weighted by Crippen LogP contribution is 2.40. The van der Waals surface area contributed by atoms with E-state index in [1.54, 1.807) is 12.1 Å². The monoisotopic (exact) mass is 301 g/mol. The summed E-state index contributed by atoms with van der Waals surface area (Å²) in [7, 11) is 0. The van der Waals surface area contributed by atoms with E-state index in [0.717, 1.165) is 19.3 Å². The zero-order valence-electron chi connectivity index (χ0n) is 12.2. The van der Waals surface area contributed by atoms with E-state index in [4.69, 9.17) is 0 Å². The third kappa shape index (κ3) is 2.36. The number of anilines is 1. The summed E-state index contributed by atoms with van der Waals surface area (Å²) in [5.41, 5.74) is 0.839. The van der Waals surface area contributed by atoms with Crippen LogP contribution in [0.3, 0.4) is 0 Å². The Labute approximate surface area is 126 Å². The lowest BCUT2D eigenvalue weighted by Crippen LogP contribution is -2.15. The van der Waals surface area contributed by atoms with E-state index in [2.05, 4.69) is 20.8 Å². The summed E-state index contributed by atoms with van der Waals surface area (Å²) >= 11 is 0. The molecular formula is C15H16FN5O. The van der Waals surface area contributed by atoms with Crippen LogP contribution in [0.25, 0.3) is 5.69 Å². The molecule has 7 heteroatoms. The van der Waals surface area contributed by atoms with Gasteiger partial charge in [-0.25, -0.2) is 4.39 Å². The number of amides is 1. The van der Waals surface area contributed by atoms with Gasteiger partial charge in [0.2, 0.25) is 5.91 Å². The quantitative estimate of drug-likeness (QED) is 0.940. The third-order valence-electron chi connectivity index (χ3n) is 4.32. The van der Waals surface area contributed by atoms with E-state index < -0.39 is 5.82 Å². The first-order valence-corrected chi connectivity index (χ1v) is 7.52. The van der Waals surface area contributed by atoms with Crippen LogP contribution in [0.4, 0.5) is 10.1 Å². The average molecular weight is 301 g/mol. The first-order chi connectivity index (χ1) is 10.6. The summed E-state index contributed by atoms with van der Waals surface area (Å²) in [6.45, 7) is 2.04. The van der Waals surface area contributed by atoms with Gasteiger partial charge in [0, 0.05) is 17.5 Å². The van der Waals surface area contributed by atoms with Gasteiger partial charge in [-0.15, -0.1) is 5.10 Å². The molecule has 1 heterocycles. The standard InChI is InChI=1S/C15H16FN5O/c1-8-6-11(8)15(22)17-10-4-5-12(16)13(7-10)21-14(9-2-3-9)18-19-20-21/h4-5,7-9,11H,2-3,6H2,1H3,(H,17,22)/t8-,11-/m1/s1. The van der Waals surface area contributed by atoms with E-state index in [-0.39, 0.29) is 17.5 Å². The molecule has 2 aliphatic rings. The predicted molar refractivity (Wildman–Crippen MR) is 77.0 cm³/mol. The molecule has 1 aromatic carbocycles. The molecule has 4 rings (SSSR count). The molecule has 0 aliphatic heterocycles. The fourth-order valence-corrected chi connectivity index (χ4v) is 2.64. The summed E-state index contributed by atoms with van der Waals surface area (Å²) in [6.07, 6.45) is 2.97. The van der Waals surface area contributed by atoms with Crippen molar-refractivity contribution in [2.75, 3.05) is 5.32 Å². The van der Waals surface area contributed by atoms with Gasteiger partial charge in [0.25, 0.3) is 0 Å². The van der Waals surface area contributed by atoms with Crippen LogP contribution in [0.5, 0.6) is 0 Å². The SMILES string of the molecule is C[C@@H]1C[C@H]1C(=O)Nc1ccc(F)c(-n2nnnc2C2CC2)c1. The number of benzene rings is 1. The van der Waals surface area contributed by atoms with Crippen molar-refractivity contribution in [3.63, 3.8) is 0 Å². The molecule has 0 spiro atoms. The van der Waals surface area contributed by atoms with Crippen LogP contribution in [0.15, 0.2) is 18.2 Å². The molecule has 0 unspecified atom stereocenters. The van der Waals surface area contributed by atoms with Crippen molar-refractivity contribution in [3.05, 3.63) is 29.8 Å². The van der Waals surface area contributed by atoms with Gasteiger partial charge in [-0.3, -0.25) is 4.79 Å². The molecule has 114 valence electrons. The van der Waals surface area contributed by atoms with Crippen LogP contribution >= 0.6 is 0 Å². The molecule has 1 aromatic heterocycles. The van der Waals surface area contributed by atoms with Crippen molar-refractivity contribution in [2.45, 2.75) is 32.1 Å². The van der Waals surface area contributed by atoms with Gasteiger partial charge in [-0.05, 0) is 53.8 Å². The number of nitrogens with zero attached hydrogens (tertiary/aromatic N) is 4. The van der Waals surface area contributed by atoms with Gasteiger partial charge in [0.05, 0.1) is 0 Å². The summed E-state index contributed by atoms with van der Waals surface area (Å²) < 4.78 is 15.6. The lowest BCUT2D eigenvalue weighted by atomic mass is 10.2. The van der Waals surface area contributed by atoms with E-state index in [0.29, 0.717) is 23.3 Å². The Morgan fingerprint density at radius 2 is 2.18 bits per heavy atom. The highest BCUT2D eigenvalue weighted by Gasteiger charge is 2.39. The van der Waals surface area contributed by atoms with E-state index in [9.17, 15) is 9.18 Å². The second kappa shape index (κ2) is 4.86. The Kier molecular flexibility index (Phi) is 2.95. The highest BCUT2D eigenvalue weighted by molar-refractivity contribution is 5.94. The minimum atomic E-state index is -0.410. The number of hydrogen-bond acceptors (Lipinski definition) is 4. The molecule has 6 nitrogen and oxygen atoms in total. The van der Waals surface area contributed by atoms with Crippen molar-refractivity contribution in [2.24, 2.45) is 11.8 Å². The van der Waals surface area contributed by atoms with Gasteiger partial charge in [0.15, 0.2) is 5.82 Å². The molecule has 2 aromatic rings. The van der Waals surface area contributed by atoms with Crippen LogP contribution in [0.2, 0.25) is 0 Å². The number of carbonyl (C=O) groups is 1. The molecule has 1 N–H and O–H groups in total. The molecule has 0 bridgehead atoms. The van der Waals surface area contributed by atoms with Crippen LogP contribution in [-0.2, 0) is 4.79 Å². The normalized spacial score (nSPS) is 23.4. The second-order valence-electron chi connectivity index (χ2n) is 6.20. The smallest absolute Gasteiger partial charge is 0.227 e. The molecular weight excluding hydrogens is 285 g/mol. The minimum Gasteiger partial charge on any atom is -0.326 e. The third-order valence-corrected chi connectivity index (χ3v) is 4.32. The van der Waals surface area contributed by atoms with Crippen LogP contribution in [0, 0.1) is 17.7 Å². The Hall–Kier alpha value is -2.31. The first-order valence-electron chi connectivity index (χ1n) is 7.52. The van der Waals surface area contributed by atoms with Crippen molar-refractivity contribution >= 4 is 11.6 Å². The average Bonchev–Trinajstić information content (AvgIpc) is 3.41. The largest absolute Gasteiger partial charge is 0.326 e. The van der Waals surface area contributed by atoms with Crippen molar-refractivity contribution in [1.29, 1.82) is 0 Å². The Morgan fingerprint density at radius 1 is 1.41 bits per heavy atom. The van der Waals surface area contributed by atoms with E-state index >= 15 is 0 Å². The zero-order valence-corrected chi connectivity index (χ0v) is 12.2. The zero-order chi connectivity index (χ0) is 15.3. The molecule has 2 aliphatic carbocycles. The summed E-state index contributed by atoms with van der Waals surface area (Å²) in [5, 5.41) is 14.4. The topological polar surface area (TPSA) is 72.7 Å². The number of carbonyl (C=O) groups excluding carboxylic acids is 1. The van der Waals surface area contributed by atoms with Gasteiger partial charge in [0.1, 0.15) is 11.5 Å². The fourth-order valence-electron chi connectivity index (χ4n) is 2.64. The summed E-state index contributed by atoms with van der Waals surface area (Å²) in [4.78, 5) is 12.0. The maximum Gasteiger partial charge on any atom is 0.227 e. The number of aromatic nitrogens is 4. The number of tetrazole rings is 1. The predicted octanol–water partition coefficient (Wildman–Crippen LogP) is 2.27. The highest BCUT2D eigenvalue weighted by atomic mass is 19.1. The Balaban J connectivity index is 1.63. The molecule has 2 atom stereocenters. The van der Waals surface area contributed by atoms with Gasteiger partial charge < -0.3 is 5.32 Å². The second-order valence-corrected chi connectivity index (χ2v) is 6.20. The minimum absolute atomic E-state index is 0.0100. The lowest BCUT2D eigenvalue weighted by molar-refractivity contribution is -0.117. The van der Waals surface area contributed by atoms with Crippen LogP contribution < -0.4 is 5.32 Å².